The van der Waals surface area contributed by atoms with Gasteiger partial charge in [0.1, 0.15) is 18.1 Å². The van der Waals surface area contributed by atoms with Gasteiger partial charge in [0.2, 0.25) is 0 Å². The minimum atomic E-state index is -4.42. The first-order valence-electron chi connectivity index (χ1n) is 9.81. The van der Waals surface area contributed by atoms with Crippen LogP contribution in [-0.4, -0.2) is 28.9 Å². The van der Waals surface area contributed by atoms with Crippen molar-refractivity contribution in [1.82, 2.24) is 9.88 Å². The first-order chi connectivity index (χ1) is 13.8. The van der Waals surface area contributed by atoms with Crippen molar-refractivity contribution in [2.45, 2.75) is 39.5 Å². The number of hydrogen-bond donors (Lipinski definition) is 0. The summed E-state index contributed by atoms with van der Waals surface area (Å²) in [5, 5.41) is 0. The van der Waals surface area contributed by atoms with Gasteiger partial charge in [0.05, 0.1) is 11.3 Å². The minimum Gasteiger partial charge on any atom is -0.487 e. The number of hydrogen-bond acceptors (Lipinski definition) is 3. The quantitative estimate of drug-likeness (QED) is 0.687. The van der Waals surface area contributed by atoms with E-state index in [4.69, 9.17) is 4.74 Å². The van der Waals surface area contributed by atoms with Crippen LogP contribution in [0.15, 0.2) is 42.5 Å². The molecule has 1 aliphatic heterocycles. The number of aromatic nitrogens is 1. The van der Waals surface area contributed by atoms with Crippen molar-refractivity contribution in [3.05, 3.63) is 59.4 Å². The number of carbonyl (C=O) groups excluding carboxylic acids is 1. The lowest BCUT2D eigenvalue weighted by molar-refractivity contribution is -0.137. The van der Waals surface area contributed by atoms with Crippen molar-refractivity contribution in [1.29, 1.82) is 0 Å². The Labute approximate surface area is 168 Å². The molecule has 2 atom stereocenters. The maximum absolute atomic E-state index is 12.9. The molecular formula is C22H25F3N2O2. The molecule has 156 valence electrons. The van der Waals surface area contributed by atoms with Crippen LogP contribution in [0.2, 0.25) is 0 Å². The second-order valence-electron chi connectivity index (χ2n) is 7.65. The first kappa shape index (κ1) is 21.1. The highest BCUT2D eigenvalue weighted by atomic mass is 19.4. The molecule has 0 aliphatic carbocycles. The van der Waals surface area contributed by atoms with Gasteiger partial charge in [-0.2, -0.15) is 13.2 Å². The third-order valence-corrected chi connectivity index (χ3v) is 5.18. The van der Waals surface area contributed by atoms with E-state index in [-0.39, 0.29) is 18.3 Å². The average Bonchev–Trinajstić information content (AvgIpc) is 2.71. The monoisotopic (exact) mass is 406 g/mol. The summed E-state index contributed by atoms with van der Waals surface area (Å²) in [7, 11) is 0. The van der Waals surface area contributed by atoms with Crippen LogP contribution in [0.3, 0.4) is 0 Å². The van der Waals surface area contributed by atoms with Gasteiger partial charge in [-0.25, -0.2) is 4.98 Å². The van der Waals surface area contributed by atoms with E-state index in [1.54, 1.807) is 18.2 Å². The van der Waals surface area contributed by atoms with E-state index in [2.05, 4.69) is 18.8 Å². The summed E-state index contributed by atoms with van der Waals surface area (Å²) in [6.45, 7) is 5.70. The van der Waals surface area contributed by atoms with Crippen LogP contribution in [0.4, 0.5) is 13.2 Å². The second kappa shape index (κ2) is 8.84. The molecule has 0 N–H and O–H groups in total. The molecule has 3 rings (SSSR count). The summed E-state index contributed by atoms with van der Waals surface area (Å²) < 4.78 is 43.9. The zero-order valence-corrected chi connectivity index (χ0v) is 16.6. The minimum absolute atomic E-state index is 0.0174. The summed E-state index contributed by atoms with van der Waals surface area (Å²) in [6.07, 6.45) is -2.27. The fourth-order valence-corrected chi connectivity index (χ4v) is 3.70. The predicted octanol–water partition coefficient (Wildman–Crippen LogP) is 5.19. The van der Waals surface area contributed by atoms with Gasteiger partial charge in [-0.05, 0) is 48.6 Å². The molecule has 29 heavy (non-hydrogen) atoms. The molecule has 0 saturated carbocycles. The number of ether oxygens (including phenoxy) is 1. The van der Waals surface area contributed by atoms with Crippen LogP contribution < -0.4 is 4.74 Å². The topological polar surface area (TPSA) is 42.4 Å². The zero-order chi connectivity index (χ0) is 21.0. The van der Waals surface area contributed by atoms with Crippen LogP contribution in [0.25, 0.3) is 0 Å². The van der Waals surface area contributed by atoms with Gasteiger partial charge in [-0.1, -0.05) is 32.4 Å². The molecule has 1 fully saturated rings. The highest BCUT2D eigenvalue weighted by Gasteiger charge is 2.31. The maximum atomic E-state index is 12.9. The number of amides is 1. The van der Waals surface area contributed by atoms with Gasteiger partial charge in [-0.15, -0.1) is 0 Å². The van der Waals surface area contributed by atoms with Crippen molar-refractivity contribution < 1.29 is 22.7 Å². The van der Waals surface area contributed by atoms with Crippen LogP contribution in [0.5, 0.6) is 5.75 Å². The molecule has 2 aromatic rings. The van der Waals surface area contributed by atoms with Gasteiger partial charge in [-0.3, -0.25) is 4.79 Å². The number of halogens is 3. The molecule has 1 aromatic carbocycles. The fraction of sp³-hybridized carbons (Fsp3) is 0.455. The number of nitrogens with zero attached hydrogens (tertiary/aromatic N) is 2. The second-order valence-corrected chi connectivity index (χ2v) is 7.65. The Morgan fingerprint density at radius 2 is 1.97 bits per heavy atom. The summed E-state index contributed by atoms with van der Waals surface area (Å²) in [5.41, 5.74) is 0.0565. The predicted molar refractivity (Wildman–Crippen MR) is 103 cm³/mol. The Bertz CT molecular complexity index is 854. The standard InChI is InChI=1S/C22H25F3N2O2/c1-3-16-10-15(2)12-27(13-16)21(28)20-9-5-7-18(26-20)14-29-19-8-4-6-17(11-19)22(23,24)25/h4-9,11,15-16H,3,10,12-14H2,1-2H3. The smallest absolute Gasteiger partial charge is 0.416 e. The lowest BCUT2D eigenvalue weighted by atomic mass is 9.88. The average molecular weight is 406 g/mol. The highest BCUT2D eigenvalue weighted by molar-refractivity contribution is 5.92. The number of benzene rings is 1. The lowest BCUT2D eigenvalue weighted by Gasteiger charge is -2.36. The summed E-state index contributed by atoms with van der Waals surface area (Å²) in [6, 6.07) is 9.78. The summed E-state index contributed by atoms with van der Waals surface area (Å²) in [5.74, 6) is 0.935. The largest absolute Gasteiger partial charge is 0.487 e. The molecule has 1 amide bonds. The van der Waals surface area contributed by atoms with Gasteiger partial charge in [0.15, 0.2) is 0 Å². The van der Waals surface area contributed by atoms with Crippen molar-refractivity contribution in [2.75, 3.05) is 13.1 Å². The Morgan fingerprint density at radius 1 is 1.21 bits per heavy atom. The highest BCUT2D eigenvalue weighted by Crippen LogP contribution is 2.31. The van der Waals surface area contributed by atoms with E-state index >= 15 is 0 Å². The number of pyridine rings is 1. The van der Waals surface area contributed by atoms with Crippen LogP contribution in [-0.2, 0) is 12.8 Å². The molecule has 1 aliphatic rings. The number of likely N-dealkylation sites (tertiary alicyclic amines) is 1. The van der Waals surface area contributed by atoms with Crippen molar-refractivity contribution >= 4 is 5.91 Å². The molecule has 4 nitrogen and oxygen atoms in total. The van der Waals surface area contributed by atoms with Crippen molar-refractivity contribution in [2.24, 2.45) is 11.8 Å². The molecule has 1 saturated heterocycles. The number of carbonyl (C=O) groups is 1. The van der Waals surface area contributed by atoms with Gasteiger partial charge in [0.25, 0.3) is 5.91 Å². The number of alkyl halides is 3. The van der Waals surface area contributed by atoms with Gasteiger partial charge >= 0.3 is 6.18 Å². The number of rotatable bonds is 5. The molecule has 2 unspecified atom stereocenters. The summed E-state index contributed by atoms with van der Waals surface area (Å²) >= 11 is 0. The van der Waals surface area contributed by atoms with E-state index in [0.717, 1.165) is 31.5 Å². The number of piperidine rings is 1. The summed E-state index contributed by atoms with van der Waals surface area (Å²) in [4.78, 5) is 19.1. The first-order valence-corrected chi connectivity index (χ1v) is 9.81. The van der Waals surface area contributed by atoms with E-state index in [1.807, 2.05) is 4.90 Å². The molecule has 2 heterocycles. The Hall–Kier alpha value is -2.57. The third-order valence-electron chi connectivity index (χ3n) is 5.18. The Balaban J connectivity index is 1.67. The Morgan fingerprint density at radius 3 is 2.69 bits per heavy atom. The molecule has 0 spiro atoms. The zero-order valence-electron chi connectivity index (χ0n) is 16.6. The van der Waals surface area contributed by atoms with E-state index in [9.17, 15) is 18.0 Å². The molecule has 0 bridgehead atoms. The van der Waals surface area contributed by atoms with Crippen LogP contribution >= 0.6 is 0 Å². The van der Waals surface area contributed by atoms with E-state index < -0.39 is 11.7 Å². The maximum Gasteiger partial charge on any atom is 0.416 e. The third kappa shape index (κ3) is 5.49. The lowest BCUT2D eigenvalue weighted by Crippen LogP contribution is -2.43. The van der Waals surface area contributed by atoms with Crippen molar-refractivity contribution in [3.63, 3.8) is 0 Å². The van der Waals surface area contributed by atoms with Crippen molar-refractivity contribution in [3.8, 4) is 5.75 Å². The van der Waals surface area contributed by atoms with Gasteiger partial charge in [0, 0.05) is 13.1 Å². The van der Waals surface area contributed by atoms with E-state index in [0.29, 0.717) is 29.8 Å². The van der Waals surface area contributed by atoms with Crippen LogP contribution in [0, 0.1) is 11.8 Å². The molecule has 1 aromatic heterocycles. The normalized spacial score (nSPS) is 19.8. The molecular weight excluding hydrogens is 381 g/mol. The molecule has 0 radical (unpaired) electrons. The fourth-order valence-electron chi connectivity index (χ4n) is 3.70. The van der Waals surface area contributed by atoms with Crippen LogP contribution in [0.1, 0.15) is 48.4 Å². The Kier molecular flexibility index (Phi) is 6.45. The molecule has 7 heteroatoms. The SMILES string of the molecule is CCC1CC(C)CN(C(=O)c2cccc(COc3cccc(C(F)(F)F)c3)n2)C1. The van der Waals surface area contributed by atoms with Gasteiger partial charge < -0.3 is 9.64 Å². The van der Waals surface area contributed by atoms with E-state index in [1.165, 1.54) is 12.1 Å².